The summed E-state index contributed by atoms with van der Waals surface area (Å²) in [4.78, 5) is 9.99. The van der Waals surface area contributed by atoms with Crippen molar-refractivity contribution in [2.24, 2.45) is 0 Å². The van der Waals surface area contributed by atoms with E-state index in [0.717, 1.165) is 11.1 Å². The lowest BCUT2D eigenvalue weighted by molar-refractivity contribution is -0.386. The molecular weight excluding hydrogens is 170 g/mol. The van der Waals surface area contributed by atoms with Crippen molar-refractivity contribution in [2.45, 2.75) is 20.8 Å². The van der Waals surface area contributed by atoms with Crippen molar-refractivity contribution in [1.82, 2.24) is 0 Å². The molecular formula is C9H11NO3. The molecule has 0 aliphatic heterocycles. The van der Waals surface area contributed by atoms with Crippen LogP contribution in [0.3, 0.4) is 0 Å². The normalized spacial score (nSPS) is 10.1. The molecule has 0 saturated carbocycles. The van der Waals surface area contributed by atoms with E-state index in [-0.39, 0.29) is 11.4 Å². The summed E-state index contributed by atoms with van der Waals surface area (Å²) in [6.07, 6.45) is 0. The van der Waals surface area contributed by atoms with Crippen molar-refractivity contribution in [3.63, 3.8) is 0 Å². The van der Waals surface area contributed by atoms with E-state index in [1.807, 2.05) is 6.92 Å². The van der Waals surface area contributed by atoms with E-state index < -0.39 is 4.92 Å². The molecule has 0 spiro atoms. The molecule has 1 N–H and O–H groups in total. The second-order valence-corrected chi connectivity index (χ2v) is 3.07. The minimum atomic E-state index is -0.558. The number of benzene rings is 1. The van der Waals surface area contributed by atoms with Gasteiger partial charge in [-0.3, -0.25) is 10.1 Å². The first-order valence-corrected chi connectivity index (χ1v) is 3.89. The number of nitrogens with zero attached hydrogens (tertiary/aromatic N) is 1. The molecule has 0 bridgehead atoms. The minimum absolute atomic E-state index is 0.192. The van der Waals surface area contributed by atoms with Crippen LogP contribution in [-0.2, 0) is 0 Å². The van der Waals surface area contributed by atoms with E-state index in [0.29, 0.717) is 5.56 Å². The quantitative estimate of drug-likeness (QED) is 0.533. The standard InChI is InChI=1S/C9H11NO3/c1-5-4-8(11)9(10(12)13)7(3)6(5)2/h4,11H,1-3H3. The van der Waals surface area contributed by atoms with Crippen LogP contribution in [0.15, 0.2) is 6.07 Å². The minimum Gasteiger partial charge on any atom is -0.502 e. The summed E-state index contributed by atoms with van der Waals surface area (Å²) in [5, 5.41) is 19.9. The zero-order chi connectivity index (χ0) is 10.2. The fourth-order valence-electron chi connectivity index (χ4n) is 1.28. The molecule has 4 nitrogen and oxygen atoms in total. The van der Waals surface area contributed by atoms with Gasteiger partial charge in [-0.25, -0.2) is 0 Å². The van der Waals surface area contributed by atoms with E-state index >= 15 is 0 Å². The number of hydrogen-bond donors (Lipinski definition) is 1. The van der Waals surface area contributed by atoms with E-state index in [4.69, 9.17) is 0 Å². The second kappa shape index (κ2) is 3.05. The van der Waals surface area contributed by atoms with E-state index in [9.17, 15) is 15.2 Å². The zero-order valence-electron chi connectivity index (χ0n) is 7.79. The maximum absolute atomic E-state index is 10.6. The first kappa shape index (κ1) is 9.51. The Morgan fingerprint density at radius 3 is 2.31 bits per heavy atom. The Kier molecular flexibility index (Phi) is 2.23. The Labute approximate surface area is 76.0 Å². The smallest absolute Gasteiger partial charge is 0.313 e. The highest BCUT2D eigenvalue weighted by Crippen LogP contribution is 2.33. The molecule has 1 aromatic carbocycles. The summed E-state index contributed by atoms with van der Waals surface area (Å²) in [5.41, 5.74) is 2.05. The predicted molar refractivity (Wildman–Crippen MR) is 49.0 cm³/mol. The number of aromatic hydroxyl groups is 1. The summed E-state index contributed by atoms with van der Waals surface area (Å²) in [7, 11) is 0. The van der Waals surface area contributed by atoms with Crippen LogP contribution in [0.4, 0.5) is 5.69 Å². The van der Waals surface area contributed by atoms with Crippen LogP contribution in [0.1, 0.15) is 16.7 Å². The van der Waals surface area contributed by atoms with Crippen LogP contribution >= 0.6 is 0 Å². The van der Waals surface area contributed by atoms with Crippen LogP contribution in [-0.4, -0.2) is 10.0 Å². The molecule has 70 valence electrons. The molecule has 1 rings (SSSR count). The van der Waals surface area contributed by atoms with Gasteiger partial charge in [0, 0.05) is 5.56 Å². The maximum atomic E-state index is 10.6. The second-order valence-electron chi connectivity index (χ2n) is 3.07. The topological polar surface area (TPSA) is 63.4 Å². The van der Waals surface area contributed by atoms with Crippen molar-refractivity contribution in [3.8, 4) is 5.75 Å². The van der Waals surface area contributed by atoms with Gasteiger partial charge in [-0.05, 0) is 38.0 Å². The summed E-state index contributed by atoms with van der Waals surface area (Å²) >= 11 is 0. The highest BCUT2D eigenvalue weighted by molar-refractivity contribution is 5.57. The number of hydrogen-bond acceptors (Lipinski definition) is 3. The number of phenols is 1. The lowest BCUT2D eigenvalue weighted by Gasteiger charge is -2.06. The fourth-order valence-corrected chi connectivity index (χ4v) is 1.28. The molecule has 0 heterocycles. The molecule has 0 amide bonds. The lowest BCUT2D eigenvalue weighted by atomic mass is 10.0. The third-order valence-electron chi connectivity index (χ3n) is 2.29. The van der Waals surface area contributed by atoms with Gasteiger partial charge in [0.05, 0.1) is 4.92 Å². The van der Waals surface area contributed by atoms with Gasteiger partial charge in [0.15, 0.2) is 5.75 Å². The van der Waals surface area contributed by atoms with Gasteiger partial charge in [0.2, 0.25) is 0 Å². The average molecular weight is 181 g/mol. The van der Waals surface area contributed by atoms with Gasteiger partial charge in [0.25, 0.3) is 0 Å². The van der Waals surface area contributed by atoms with Gasteiger partial charge in [0.1, 0.15) is 0 Å². The van der Waals surface area contributed by atoms with Crippen LogP contribution in [0.2, 0.25) is 0 Å². The van der Waals surface area contributed by atoms with Crippen LogP contribution in [0, 0.1) is 30.9 Å². The molecule has 0 radical (unpaired) electrons. The van der Waals surface area contributed by atoms with Crippen LogP contribution < -0.4 is 0 Å². The Morgan fingerprint density at radius 1 is 1.31 bits per heavy atom. The Morgan fingerprint density at radius 2 is 1.85 bits per heavy atom. The van der Waals surface area contributed by atoms with Crippen molar-refractivity contribution >= 4 is 5.69 Å². The molecule has 1 aromatic rings. The molecule has 0 aromatic heterocycles. The molecule has 13 heavy (non-hydrogen) atoms. The van der Waals surface area contributed by atoms with Crippen molar-refractivity contribution < 1.29 is 10.0 Å². The Bertz CT molecular complexity index is 372. The average Bonchev–Trinajstić information content (AvgIpc) is 1.99. The number of phenolic OH excluding ortho intramolecular Hbond substituents is 1. The van der Waals surface area contributed by atoms with E-state index in [1.165, 1.54) is 6.07 Å². The Hall–Kier alpha value is -1.58. The first-order valence-electron chi connectivity index (χ1n) is 3.89. The summed E-state index contributed by atoms with van der Waals surface area (Å²) in [5.74, 6) is -0.259. The summed E-state index contributed by atoms with van der Waals surface area (Å²) in [6.45, 7) is 5.25. The number of rotatable bonds is 1. The lowest BCUT2D eigenvalue weighted by Crippen LogP contribution is -1.96. The fraction of sp³-hybridized carbons (Fsp3) is 0.333. The third kappa shape index (κ3) is 1.47. The number of aryl methyl sites for hydroxylation is 1. The maximum Gasteiger partial charge on any atom is 0.313 e. The molecule has 0 aliphatic rings. The largest absolute Gasteiger partial charge is 0.502 e. The molecule has 0 unspecified atom stereocenters. The summed E-state index contributed by atoms with van der Waals surface area (Å²) in [6, 6.07) is 1.42. The number of nitro groups is 1. The summed E-state index contributed by atoms with van der Waals surface area (Å²) < 4.78 is 0. The highest BCUT2D eigenvalue weighted by atomic mass is 16.6. The molecule has 0 aliphatic carbocycles. The zero-order valence-corrected chi connectivity index (χ0v) is 7.79. The van der Waals surface area contributed by atoms with Gasteiger partial charge in [-0.1, -0.05) is 0 Å². The van der Waals surface area contributed by atoms with Crippen LogP contribution in [0.5, 0.6) is 5.75 Å². The predicted octanol–water partition coefficient (Wildman–Crippen LogP) is 2.23. The van der Waals surface area contributed by atoms with Crippen molar-refractivity contribution in [2.75, 3.05) is 0 Å². The monoisotopic (exact) mass is 181 g/mol. The van der Waals surface area contributed by atoms with Crippen LogP contribution in [0.25, 0.3) is 0 Å². The van der Waals surface area contributed by atoms with E-state index in [1.54, 1.807) is 13.8 Å². The first-order chi connectivity index (χ1) is 5.95. The molecule has 0 fully saturated rings. The van der Waals surface area contributed by atoms with Gasteiger partial charge in [-0.15, -0.1) is 0 Å². The van der Waals surface area contributed by atoms with Gasteiger partial charge < -0.3 is 5.11 Å². The van der Waals surface area contributed by atoms with Crippen molar-refractivity contribution in [1.29, 1.82) is 0 Å². The third-order valence-corrected chi connectivity index (χ3v) is 2.29. The van der Waals surface area contributed by atoms with E-state index in [2.05, 4.69) is 0 Å². The highest BCUT2D eigenvalue weighted by Gasteiger charge is 2.19. The Balaban J connectivity index is 3.53. The van der Waals surface area contributed by atoms with Crippen molar-refractivity contribution in [3.05, 3.63) is 32.9 Å². The number of nitro benzene ring substituents is 1. The molecule has 0 saturated heterocycles. The van der Waals surface area contributed by atoms with Gasteiger partial charge >= 0.3 is 5.69 Å². The van der Waals surface area contributed by atoms with Gasteiger partial charge in [-0.2, -0.15) is 0 Å². The SMILES string of the molecule is Cc1cc(O)c([N+](=O)[O-])c(C)c1C. The molecule has 4 heteroatoms. The molecule has 0 atom stereocenters.